The standard InChI is InChI=1S/C49H95N2O9P/c1-5-8-10-12-14-16-18-20-22-24-26-28-30-32-34-36-47(53)57-42-45(43-59-61(55,56)58-41-40-51-46(52)38-39-49(4,7-3)44-50)60-48(54)37-35-33-31-29-27-25-23-21-19-17-15-13-11-9-6-2/h45,47,53H,5-43H2,1-4H3,(H,51,52)(H,55,56)/t45-,47?,49?/m1/s1. The summed E-state index contributed by atoms with van der Waals surface area (Å²) in [5.41, 5.74) is -0.583. The van der Waals surface area contributed by atoms with Crippen molar-refractivity contribution in [1.82, 2.24) is 5.32 Å². The second-order valence-corrected chi connectivity index (χ2v) is 19.3. The number of ether oxygens (including phenoxy) is 2. The number of phosphoric ester groups is 1. The van der Waals surface area contributed by atoms with Gasteiger partial charge in [0.25, 0.3) is 0 Å². The molecule has 0 heterocycles. The summed E-state index contributed by atoms with van der Waals surface area (Å²) in [6.45, 7) is 7.27. The van der Waals surface area contributed by atoms with Crippen molar-refractivity contribution in [2.45, 2.75) is 265 Å². The van der Waals surface area contributed by atoms with Crippen LogP contribution in [0.4, 0.5) is 0 Å². The molecule has 61 heavy (non-hydrogen) atoms. The fourth-order valence-electron chi connectivity index (χ4n) is 7.35. The van der Waals surface area contributed by atoms with Crippen LogP contribution in [-0.4, -0.2) is 60.6 Å². The van der Waals surface area contributed by atoms with Gasteiger partial charge < -0.3 is 24.8 Å². The predicted molar refractivity (Wildman–Crippen MR) is 249 cm³/mol. The molecule has 0 spiro atoms. The van der Waals surface area contributed by atoms with Crippen molar-refractivity contribution in [3.05, 3.63) is 0 Å². The molecule has 1 amide bonds. The molecule has 0 aliphatic heterocycles. The largest absolute Gasteiger partial charge is 0.472 e. The van der Waals surface area contributed by atoms with E-state index in [1.165, 1.54) is 148 Å². The minimum Gasteiger partial charge on any atom is -0.457 e. The number of carbonyl (C=O) groups excluding carboxylic acids is 2. The smallest absolute Gasteiger partial charge is 0.457 e. The molecule has 3 N–H and O–H groups in total. The van der Waals surface area contributed by atoms with Crippen LogP contribution in [0.15, 0.2) is 0 Å². The van der Waals surface area contributed by atoms with Crippen molar-refractivity contribution in [2.75, 3.05) is 26.4 Å². The van der Waals surface area contributed by atoms with Gasteiger partial charge in [0.1, 0.15) is 6.10 Å². The Morgan fingerprint density at radius 1 is 0.639 bits per heavy atom. The van der Waals surface area contributed by atoms with Crippen molar-refractivity contribution in [2.24, 2.45) is 5.41 Å². The lowest BCUT2D eigenvalue weighted by Crippen LogP contribution is -2.31. The topological polar surface area (TPSA) is 164 Å². The minimum absolute atomic E-state index is 0.0194. The number of phosphoric acid groups is 1. The number of amides is 1. The molecule has 0 fully saturated rings. The summed E-state index contributed by atoms with van der Waals surface area (Å²) < 4.78 is 34.1. The van der Waals surface area contributed by atoms with Crippen LogP contribution in [0.3, 0.4) is 0 Å². The average Bonchev–Trinajstić information content (AvgIpc) is 3.25. The number of esters is 1. The Morgan fingerprint density at radius 2 is 1.07 bits per heavy atom. The maximum Gasteiger partial charge on any atom is 0.472 e. The maximum atomic E-state index is 12.8. The Morgan fingerprint density at radius 3 is 1.49 bits per heavy atom. The molecule has 11 nitrogen and oxygen atoms in total. The quantitative estimate of drug-likeness (QED) is 0.0232. The SMILES string of the molecule is CCCCCCCCCCCCCCCCCC(=O)O[C@H](COC(O)CCCCCCCCCCCCCCCCC)COP(=O)(O)OCCNC(=O)CCC(C)(C#N)CC. The molecule has 0 aromatic rings. The number of rotatable bonds is 47. The first kappa shape index (κ1) is 59.5. The third-order valence-corrected chi connectivity index (χ3v) is 12.9. The van der Waals surface area contributed by atoms with Gasteiger partial charge in [-0.2, -0.15) is 5.26 Å². The van der Waals surface area contributed by atoms with Crippen molar-refractivity contribution >= 4 is 19.7 Å². The molecule has 0 aliphatic carbocycles. The minimum atomic E-state index is -4.55. The Kier molecular flexibility index (Phi) is 41.3. The number of unbranched alkanes of at least 4 members (excludes halogenated alkanes) is 28. The van der Waals surface area contributed by atoms with Crippen molar-refractivity contribution in [1.29, 1.82) is 5.26 Å². The van der Waals surface area contributed by atoms with Gasteiger partial charge in [0, 0.05) is 19.4 Å². The molecule has 0 saturated heterocycles. The van der Waals surface area contributed by atoms with Crippen LogP contribution in [0.5, 0.6) is 0 Å². The Labute approximate surface area is 374 Å². The number of aliphatic hydroxyl groups is 1. The first-order valence-corrected chi connectivity index (χ1v) is 26.8. The van der Waals surface area contributed by atoms with E-state index in [0.717, 1.165) is 38.5 Å². The normalized spacial score (nSPS) is 14.5. The number of nitriles is 1. The van der Waals surface area contributed by atoms with E-state index in [-0.39, 0.29) is 38.5 Å². The van der Waals surface area contributed by atoms with E-state index in [0.29, 0.717) is 25.7 Å². The highest BCUT2D eigenvalue weighted by molar-refractivity contribution is 7.47. The van der Waals surface area contributed by atoms with Crippen LogP contribution in [0.25, 0.3) is 0 Å². The van der Waals surface area contributed by atoms with Gasteiger partial charge in [-0.1, -0.05) is 201 Å². The number of nitrogens with zero attached hydrogens (tertiary/aromatic N) is 1. The van der Waals surface area contributed by atoms with Gasteiger partial charge in [0.2, 0.25) is 5.91 Å². The maximum absolute atomic E-state index is 12.8. The van der Waals surface area contributed by atoms with E-state index in [1.54, 1.807) is 0 Å². The number of hydrogen-bond acceptors (Lipinski definition) is 9. The van der Waals surface area contributed by atoms with Crippen LogP contribution >= 0.6 is 7.82 Å². The molecule has 0 radical (unpaired) electrons. The van der Waals surface area contributed by atoms with E-state index in [2.05, 4.69) is 25.2 Å². The number of carbonyl (C=O) groups is 2. The number of hydrogen-bond donors (Lipinski definition) is 3. The van der Waals surface area contributed by atoms with Crippen LogP contribution in [-0.2, 0) is 32.7 Å². The molecule has 360 valence electrons. The summed E-state index contributed by atoms with van der Waals surface area (Å²) in [4.78, 5) is 35.3. The lowest BCUT2D eigenvalue weighted by molar-refractivity contribution is -0.166. The summed E-state index contributed by atoms with van der Waals surface area (Å²) in [5.74, 6) is -0.732. The molecule has 3 unspecified atom stereocenters. The molecule has 12 heteroatoms. The van der Waals surface area contributed by atoms with E-state index in [4.69, 9.17) is 18.5 Å². The zero-order valence-corrected chi connectivity index (χ0v) is 40.8. The van der Waals surface area contributed by atoms with Crippen LogP contribution in [0, 0.1) is 16.7 Å². The zero-order valence-electron chi connectivity index (χ0n) is 39.9. The highest BCUT2D eigenvalue weighted by Gasteiger charge is 2.26. The molecular weight excluding hydrogens is 792 g/mol. The summed E-state index contributed by atoms with van der Waals surface area (Å²) in [7, 11) is -4.55. The fraction of sp³-hybridized carbons (Fsp3) is 0.939. The first-order chi connectivity index (χ1) is 29.5. The van der Waals surface area contributed by atoms with Crippen LogP contribution < -0.4 is 5.32 Å². The second-order valence-electron chi connectivity index (χ2n) is 17.8. The lowest BCUT2D eigenvalue weighted by Gasteiger charge is -2.21. The van der Waals surface area contributed by atoms with Crippen molar-refractivity contribution < 1.29 is 42.7 Å². The Hall–Kier alpha value is -1.54. The van der Waals surface area contributed by atoms with Gasteiger partial charge in [-0.15, -0.1) is 0 Å². The number of aliphatic hydroxyl groups excluding tert-OH is 1. The van der Waals surface area contributed by atoms with Gasteiger partial charge >= 0.3 is 13.8 Å². The zero-order chi connectivity index (χ0) is 45.1. The fourth-order valence-corrected chi connectivity index (χ4v) is 8.10. The summed E-state index contributed by atoms with van der Waals surface area (Å²) in [6, 6.07) is 2.24. The predicted octanol–water partition coefficient (Wildman–Crippen LogP) is 13.7. The third-order valence-electron chi connectivity index (χ3n) is 11.9. The third kappa shape index (κ3) is 40.9. The summed E-state index contributed by atoms with van der Waals surface area (Å²) >= 11 is 0. The monoisotopic (exact) mass is 887 g/mol. The van der Waals surface area contributed by atoms with Crippen LogP contribution in [0.2, 0.25) is 0 Å². The highest BCUT2D eigenvalue weighted by Crippen LogP contribution is 2.43. The van der Waals surface area contributed by atoms with Gasteiger partial charge in [0.05, 0.1) is 31.3 Å². The molecule has 0 aromatic heterocycles. The molecule has 0 aliphatic rings. The summed E-state index contributed by atoms with van der Waals surface area (Å²) in [6.07, 6.45) is 37.1. The lowest BCUT2D eigenvalue weighted by atomic mass is 9.84. The average molecular weight is 887 g/mol. The summed E-state index contributed by atoms with van der Waals surface area (Å²) in [5, 5.41) is 22.5. The second kappa shape index (κ2) is 42.4. The van der Waals surface area contributed by atoms with E-state index in [9.17, 15) is 29.4 Å². The first-order valence-electron chi connectivity index (χ1n) is 25.3. The molecular formula is C49H95N2O9P. The van der Waals surface area contributed by atoms with E-state index < -0.39 is 38.2 Å². The Bertz CT molecular complexity index is 1110. The van der Waals surface area contributed by atoms with E-state index in [1.807, 2.05) is 13.8 Å². The van der Waals surface area contributed by atoms with Crippen molar-refractivity contribution in [3.63, 3.8) is 0 Å². The molecule has 0 aromatic carbocycles. The van der Waals surface area contributed by atoms with Crippen LogP contribution in [0.1, 0.15) is 252 Å². The Balaban J connectivity index is 4.55. The van der Waals surface area contributed by atoms with Gasteiger partial charge in [0.15, 0.2) is 6.29 Å². The highest BCUT2D eigenvalue weighted by atomic mass is 31.2. The van der Waals surface area contributed by atoms with Gasteiger partial charge in [-0.3, -0.25) is 18.6 Å². The molecule has 0 saturated carbocycles. The molecule has 0 rings (SSSR count). The number of nitrogens with one attached hydrogen (secondary N) is 1. The van der Waals surface area contributed by atoms with Crippen molar-refractivity contribution in [3.8, 4) is 6.07 Å². The van der Waals surface area contributed by atoms with Gasteiger partial charge in [-0.25, -0.2) is 4.57 Å². The van der Waals surface area contributed by atoms with Gasteiger partial charge in [-0.05, 0) is 39.0 Å². The molecule has 0 bridgehead atoms. The molecule has 4 atom stereocenters. The van der Waals surface area contributed by atoms with E-state index >= 15 is 0 Å².